The van der Waals surface area contributed by atoms with Crippen molar-refractivity contribution in [1.29, 1.82) is 0 Å². The Balaban J connectivity index is 1.87. The number of hydrogen-bond donors (Lipinski definition) is 1. The summed E-state index contributed by atoms with van der Waals surface area (Å²) in [6, 6.07) is 14.0. The second-order valence-electron chi connectivity index (χ2n) is 9.11. The van der Waals surface area contributed by atoms with Gasteiger partial charge in [0.05, 0.1) is 11.9 Å². The molecule has 0 spiro atoms. The molecule has 9 heteroatoms. The summed E-state index contributed by atoms with van der Waals surface area (Å²) in [7, 11) is -3.73. The number of amides is 2. The summed E-state index contributed by atoms with van der Waals surface area (Å²) in [5.41, 5.74) is 2.33. The average molecular weight is 565 g/mol. The molecule has 2 aromatic carbocycles. The highest BCUT2D eigenvalue weighted by atomic mass is 79.9. The third kappa shape index (κ3) is 7.54. The van der Waals surface area contributed by atoms with Crippen molar-refractivity contribution in [1.82, 2.24) is 10.2 Å². The summed E-state index contributed by atoms with van der Waals surface area (Å²) >= 11 is 3.45. The molecule has 2 amide bonds. The smallest absolute Gasteiger partial charge is 0.244 e. The second kappa shape index (κ2) is 12.0. The van der Waals surface area contributed by atoms with Gasteiger partial charge in [-0.05, 0) is 61.6 Å². The zero-order chi connectivity index (χ0) is 25.6. The maximum atomic E-state index is 13.6. The van der Waals surface area contributed by atoms with Crippen LogP contribution < -0.4 is 9.62 Å². The van der Waals surface area contributed by atoms with E-state index in [-0.39, 0.29) is 25.0 Å². The highest BCUT2D eigenvalue weighted by Gasteiger charge is 2.31. The molecule has 0 radical (unpaired) electrons. The Kier molecular flexibility index (Phi) is 9.35. The third-order valence-corrected chi connectivity index (χ3v) is 8.06. The summed E-state index contributed by atoms with van der Waals surface area (Å²) in [6.45, 7) is 3.51. The predicted molar refractivity (Wildman–Crippen MR) is 143 cm³/mol. The number of anilines is 1. The molecule has 190 valence electrons. The molecule has 1 N–H and O–H groups in total. The van der Waals surface area contributed by atoms with Crippen LogP contribution in [0.3, 0.4) is 0 Å². The average Bonchev–Trinajstić information content (AvgIpc) is 3.33. The molecule has 0 bridgehead atoms. The largest absolute Gasteiger partial charge is 0.352 e. The minimum absolute atomic E-state index is 0.123. The Morgan fingerprint density at radius 3 is 2.31 bits per heavy atom. The van der Waals surface area contributed by atoms with Crippen molar-refractivity contribution in [3.63, 3.8) is 0 Å². The number of carbonyl (C=O) groups excluding carboxylic acids is 2. The van der Waals surface area contributed by atoms with Crippen LogP contribution in [0.2, 0.25) is 0 Å². The number of nitrogens with one attached hydrogen (secondary N) is 1. The predicted octanol–water partition coefficient (Wildman–Crippen LogP) is 4.25. The van der Waals surface area contributed by atoms with Crippen molar-refractivity contribution < 1.29 is 18.0 Å². The van der Waals surface area contributed by atoms with Crippen molar-refractivity contribution >= 4 is 43.5 Å². The van der Waals surface area contributed by atoms with E-state index in [2.05, 4.69) is 21.2 Å². The first kappa shape index (κ1) is 27.2. The van der Waals surface area contributed by atoms with Gasteiger partial charge in [0, 0.05) is 17.1 Å². The van der Waals surface area contributed by atoms with Gasteiger partial charge in [0.2, 0.25) is 21.8 Å². The zero-order valence-electron chi connectivity index (χ0n) is 20.5. The number of carbonyl (C=O) groups is 2. The van der Waals surface area contributed by atoms with Crippen molar-refractivity contribution in [3.05, 3.63) is 64.1 Å². The third-order valence-electron chi connectivity index (χ3n) is 6.42. The lowest BCUT2D eigenvalue weighted by Crippen LogP contribution is -2.52. The molecule has 0 saturated heterocycles. The summed E-state index contributed by atoms with van der Waals surface area (Å²) in [4.78, 5) is 28.1. The van der Waals surface area contributed by atoms with Gasteiger partial charge in [-0.1, -0.05) is 60.0 Å². The summed E-state index contributed by atoms with van der Waals surface area (Å²) in [5, 5.41) is 3.07. The fourth-order valence-corrected chi connectivity index (χ4v) is 5.61. The normalized spacial score (nSPS) is 15.0. The molecular weight excluding hydrogens is 530 g/mol. The van der Waals surface area contributed by atoms with E-state index < -0.39 is 22.0 Å². The molecule has 0 heterocycles. The first-order valence-electron chi connectivity index (χ1n) is 12.0. The summed E-state index contributed by atoms with van der Waals surface area (Å²) in [6.07, 6.45) is 5.95. The molecule has 1 aliphatic carbocycles. The number of nitrogens with zero attached hydrogens (tertiary/aromatic N) is 2. The molecule has 0 aliphatic heterocycles. The Labute approximate surface area is 217 Å². The van der Waals surface area contributed by atoms with E-state index in [1.54, 1.807) is 19.1 Å². The molecule has 2 aromatic rings. The van der Waals surface area contributed by atoms with Crippen LogP contribution in [-0.4, -0.2) is 50.0 Å². The summed E-state index contributed by atoms with van der Waals surface area (Å²) < 4.78 is 27.3. The standard InChI is InChI=1S/C26H34BrN3O4S/c1-4-20-12-14-24(15-13-20)30(35(3,33)34)18-25(31)29(17-21-8-7-9-22(27)16-21)19(2)26(32)28-23-10-5-6-11-23/h7-9,12-16,19,23H,4-6,10-11,17-18H2,1-3H3,(H,28,32)/t19-/m1/s1. The minimum Gasteiger partial charge on any atom is -0.352 e. The van der Waals surface area contributed by atoms with E-state index in [1.807, 2.05) is 43.3 Å². The monoisotopic (exact) mass is 563 g/mol. The van der Waals surface area contributed by atoms with Gasteiger partial charge in [-0.3, -0.25) is 13.9 Å². The lowest BCUT2D eigenvalue weighted by atomic mass is 10.1. The van der Waals surface area contributed by atoms with Crippen LogP contribution >= 0.6 is 15.9 Å². The van der Waals surface area contributed by atoms with Crippen molar-refractivity contribution in [3.8, 4) is 0 Å². The Morgan fingerprint density at radius 2 is 1.74 bits per heavy atom. The van der Waals surface area contributed by atoms with Crippen LogP contribution in [0.4, 0.5) is 5.69 Å². The number of halogens is 1. The topological polar surface area (TPSA) is 86.8 Å². The van der Waals surface area contributed by atoms with Crippen molar-refractivity contribution in [2.75, 3.05) is 17.1 Å². The van der Waals surface area contributed by atoms with E-state index in [9.17, 15) is 18.0 Å². The molecule has 1 saturated carbocycles. The van der Waals surface area contributed by atoms with E-state index >= 15 is 0 Å². The SMILES string of the molecule is CCc1ccc(N(CC(=O)N(Cc2cccc(Br)c2)[C@H](C)C(=O)NC2CCCC2)S(C)(=O)=O)cc1. The number of aryl methyl sites for hydroxylation is 1. The summed E-state index contributed by atoms with van der Waals surface area (Å²) in [5.74, 6) is -0.664. The quantitative estimate of drug-likeness (QED) is 0.468. The van der Waals surface area contributed by atoms with Gasteiger partial charge < -0.3 is 10.2 Å². The Morgan fingerprint density at radius 1 is 1.09 bits per heavy atom. The fraction of sp³-hybridized carbons (Fsp3) is 0.462. The number of rotatable bonds is 10. The van der Waals surface area contributed by atoms with Gasteiger partial charge in [0.1, 0.15) is 12.6 Å². The van der Waals surface area contributed by atoms with Crippen molar-refractivity contribution in [2.24, 2.45) is 0 Å². The van der Waals surface area contributed by atoms with Crippen LogP contribution in [0.5, 0.6) is 0 Å². The van der Waals surface area contributed by atoms with Crippen LogP contribution in [-0.2, 0) is 32.6 Å². The van der Waals surface area contributed by atoms with Crippen LogP contribution in [0.1, 0.15) is 50.7 Å². The van der Waals surface area contributed by atoms with Crippen LogP contribution in [0, 0.1) is 0 Å². The van der Waals surface area contributed by atoms with Crippen molar-refractivity contribution in [2.45, 2.75) is 64.6 Å². The van der Waals surface area contributed by atoms with E-state index in [0.717, 1.165) is 58.3 Å². The van der Waals surface area contributed by atoms with Gasteiger partial charge in [-0.25, -0.2) is 8.42 Å². The maximum absolute atomic E-state index is 13.6. The first-order valence-corrected chi connectivity index (χ1v) is 14.6. The van der Waals surface area contributed by atoms with Gasteiger partial charge in [0.25, 0.3) is 0 Å². The lowest BCUT2D eigenvalue weighted by Gasteiger charge is -2.32. The Bertz CT molecular complexity index is 1130. The molecule has 0 aromatic heterocycles. The molecule has 1 fully saturated rings. The lowest BCUT2D eigenvalue weighted by molar-refractivity contribution is -0.139. The molecule has 7 nitrogen and oxygen atoms in total. The Hall–Kier alpha value is -2.39. The first-order chi connectivity index (χ1) is 16.6. The molecule has 1 atom stereocenters. The molecule has 0 unspecified atom stereocenters. The van der Waals surface area contributed by atoms with Crippen LogP contribution in [0.25, 0.3) is 0 Å². The van der Waals surface area contributed by atoms with Gasteiger partial charge in [-0.15, -0.1) is 0 Å². The van der Waals surface area contributed by atoms with E-state index in [4.69, 9.17) is 0 Å². The highest BCUT2D eigenvalue weighted by Crippen LogP contribution is 2.22. The van der Waals surface area contributed by atoms with Gasteiger partial charge in [0.15, 0.2) is 0 Å². The molecular formula is C26H34BrN3O4S. The fourth-order valence-electron chi connectivity index (χ4n) is 4.32. The highest BCUT2D eigenvalue weighted by molar-refractivity contribution is 9.10. The number of benzene rings is 2. The van der Waals surface area contributed by atoms with Gasteiger partial charge in [-0.2, -0.15) is 0 Å². The van der Waals surface area contributed by atoms with Crippen LogP contribution in [0.15, 0.2) is 53.0 Å². The number of sulfonamides is 1. The molecule has 1 aliphatic rings. The molecule has 3 rings (SSSR count). The van der Waals surface area contributed by atoms with E-state index in [0.29, 0.717) is 5.69 Å². The second-order valence-corrected chi connectivity index (χ2v) is 11.9. The number of hydrogen-bond acceptors (Lipinski definition) is 4. The molecule has 35 heavy (non-hydrogen) atoms. The zero-order valence-corrected chi connectivity index (χ0v) is 22.9. The maximum Gasteiger partial charge on any atom is 0.244 e. The van der Waals surface area contributed by atoms with E-state index in [1.165, 1.54) is 4.90 Å². The minimum atomic E-state index is -3.73. The van der Waals surface area contributed by atoms with Gasteiger partial charge >= 0.3 is 0 Å².